The summed E-state index contributed by atoms with van der Waals surface area (Å²) in [5.74, 6) is 2.44. The summed E-state index contributed by atoms with van der Waals surface area (Å²) in [6.45, 7) is 10.5. The van der Waals surface area contributed by atoms with Gasteiger partial charge in [0.2, 0.25) is 5.91 Å². The maximum Gasteiger partial charge on any atom is 0.239 e. The standard InChI is InChI=1S/C14H28N2OS/c1-10(2)5-6-12(15)14(17)16-7-8-18-13(9-16)11(3)4/h10-13H,5-9,15H2,1-4H3. The fraction of sp³-hybridized carbons (Fsp3) is 0.929. The summed E-state index contributed by atoms with van der Waals surface area (Å²) in [5.41, 5.74) is 6.02. The summed E-state index contributed by atoms with van der Waals surface area (Å²) in [6.07, 6.45) is 1.84. The summed E-state index contributed by atoms with van der Waals surface area (Å²) in [5, 5.41) is 0.569. The summed E-state index contributed by atoms with van der Waals surface area (Å²) >= 11 is 1.99. The topological polar surface area (TPSA) is 46.3 Å². The number of hydrogen-bond acceptors (Lipinski definition) is 3. The molecule has 1 fully saturated rings. The Morgan fingerprint density at radius 2 is 2.00 bits per heavy atom. The quantitative estimate of drug-likeness (QED) is 0.835. The molecule has 0 saturated carbocycles. The largest absolute Gasteiger partial charge is 0.339 e. The Hall–Kier alpha value is -0.220. The van der Waals surface area contributed by atoms with Crippen LogP contribution in [0.5, 0.6) is 0 Å². The van der Waals surface area contributed by atoms with Gasteiger partial charge >= 0.3 is 0 Å². The maximum atomic E-state index is 12.3. The van der Waals surface area contributed by atoms with Crippen LogP contribution in [0.2, 0.25) is 0 Å². The molecule has 0 aliphatic carbocycles. The van der Waals surface area contributed by atoms with Crippen molar-refractivity contribution in [3.63, 3.8) is 0 Å². The molecule has 0 bridgehead atoms. The smallest absolute Gasteiger partial charge is 0.239 e. The second kappa shape index (κ2) is 7.39. The van der Waals surface area contributed by atoms with Crippen LogP contribution in [0.4, 0.5) is 0 Å². The molecule has 0 aromatic carbocycles. The highest BCUT2D eigenvalue weighted by Crippen LogP contribution is 2.25. The lowest BCUT2D eigenvalue weighted by Gasteiger charge is -2.35. The van der Waals surface area contributed by atoms with Crippen molar-refractivity contribution in [2.24, 2.45) is 17.6 Å². The van der Waals surface area contributed by atoms with E-state index in [0.717, 1.165) is 31.7 Å². The van der Waals surface area contributed by atoms with Gasteiger partial charge < -0.3 is 10.6 Å². The fourth-order valence-electron chi connectivity index (χ4n) is 2.15. The highest BCUT2D eigenvalue weighted by Gasteiger charge is 2.28. The van der Waals surface area contributed by atoms with E-state index in [1.54, 1.807) is 0 Å². The van der Waals surface area contributed by atoms with Gasteiger partial charge in [0, 0.05) is 24.1 Å². The van der Waals surface area contributed by atoms with Crippen LogP contribution in [0.3, 0.4) is 0 Å². The molecular formula is C14H28N2OS. The average molecular weight is 272 g/mol. The number of thioether (sulfide) groups is 1. The van der Waals surface area contributed by atoms with E-state index in [-0.39, 0.29) is 11.9 Å². The Balaban J connectivity index is 2.45. The average Bonchev–Trinajstić information content (AvgIpc) is 2.35. The maximum absolute atomic E-state index is 12.3. The molecular weight excluding hydrogens is 244 g/mol. The third kappa shape index (κ3) is 4.81. The van der Waals surface area contributed by atoms with Gasteiger partial charge in [-0.05, 0) is 24.7 Å². The minimum Gasteiger partial charge on any atom is -0.339 e. The van der Waals surface area contributed by atoms with Gasteiger partial charge in [-0.15, -0.1) is 0 Å². The second-order valence-corrected chi connectivity index (χ2v) is 7.36. The molecule has 106 valence electrons. The van der Waals surface area contributed by atoms with Crippen molar-refractivity contribution < 1.29 is 4.79 Å². The lowest BCUT2D eigenvalue weighted by molar-refractivity contribution is -0.132. The summed E-state index contributed by atoms with van der Waals surface area (Å²) in [4.78, 5) is 14.2. The van der Waals surface area contributed by atoms with Crippen molar-refractivity contribution in [1.82, 2.24) is 4.90 Å². The molecule has 18 heavy (non-hydrogen) atoms. The highest BCUT2D eigenvalue weighted by atomic mass is 32.2. The van der Waals surface area contributed by atoms with Gasteiger partial charge in [-0.25, -0.2) is 0 Å². The Kier molecular flexibility index (Phi) is 6.50. The van der Waals surface area contributed by atoms with E-state index >= 15 is 0 Å². The van der Waals surface area contributed by atoms with E-state index < -0.39 is 0 Å². The summed E-state index contributed by atoms with van der Waals surface area (Å²) < 4.78 is 0. The van der Waals surface area contributed by atoms with Crippen LogP contribution in [0.15, 0.2) is 0 Å². The Bertz CT molecular complexity index is 269. The molecule has 1 saturated heterocycles. The van der Waals surface area contributed by atoms with Gasteiger partial charge in [0.15, 0.2) is 0 Å². The molecule has 2 atom stereocenters. The van der Waals surface area contributed by atoms with E-state index in [1.165, 1.54) is 0 Å². The highest BCUT2D eigenvalue weighted by molar-refractivity contribution is 8.00. The molecule has 4 heteroatoms. The number of carbonyl (C=O) groups is 1. The van der Waals surface area contributed by atoms with Crippen molar-refractivity contribution >= 4 is 17.7 Å². The summed E-state index contributed by atoms with van der Waals surface area (Å²) in [6, 6.07) is -0.302. The lowest BCUT2D eigenvalue weighted by atomic mass is 10.0. The first-order chi connectivity index (χ1) is 8.41. The van der Waals surface area contributed by atoms with Crippen LogP contribution in [0, 0.1) is 11.8 Å². The molecule has 1 aliphatic rings. The van der Waals surface area contributed by atoms with Crippen LogP contribution in [0.25, 0.3) is 0 Å². The normalized spacial score (nSPS) is 22.6. The van der Waals surface area contributed by atoms with Gasteiger partial charge in [-0.1, -0.05) is 27.7 Å². The Labute approximate surface area is 116 Å². The fourth-order valence-corrected chi connectivity index (χ4v) is 3.45. The van der Waals surface area contributed by atoms with Crippen molar-refractivity contribution in [2.75, 3.05) is 18.8 Å². The molecule has 0 radical (unpaired) electrons. The van der Waals surface area contributed by atoms with Gasteiger partial charge in [-0.2, -0.15) is 11.8 Å². The third-order valence-corrected chi connectivity index (χ3v) is 5.06. The van der Waals surface area contributed by atoms with Crippen LogP contribution in [-0.2, 0) is 4.79 Å². The predicted octanol–water partition coefficient (Wildman–Crippen LogP) is 2.35. The number of carbonyl (C=O) groups excluding carboxylic acids is 1. The monoisotopic (exact) mass is 272 g/mol. The van der Waals surface area contributed by atoms with E-state index in [2.05, 4.69) is 27.7 Å². The van der Waals surface area contributed by atoms with E-state index in [9.17, 15) is 4.79 Å². The second-order valence-electron chi connectivity index (χ2n) is 6.02. The van der Waals surface area contributed by atoms with Crippen molar-refractivity contribution in [3.05, 3.63) is 0 Å². The first-order valence-electron chi connectivity index (χ1n) is 7.07. The molecule has 0 aromatic rings. The zero-order valence-electron chi connectivity index (χ0n) is 12.2. The molecule has 1 heterocycles. The van der Waals surface area contributed by atoms with E-state index in [4.69, 9.17) is 5.73 Å². The zero-order chi connectivity index (χ0) is 13.7. The van der Waals surface area contributed by atoms with Gasteiger partial charge in [0.25, 0.3) is 0 Å². The first-order valence-corrected chi connectivity index (χ1v) is 8.12. The number of nitrogens with zero attached hydrogens (tertiary/aromatic N) is 1. The molecule has 1 aliphatic heterocycles. The number of hydrogen-bond donors (Lipinski definition) is 1. The van der Waals surface area contributed by atoms with Gasteiger partial charge in [0.1, 0.15) is 0 Å². The van der Waals surface area contributed by atoms with E-state index in [0.29, 0.717) is 17.1 Å². The number of rotatable bonds is 5. The van der Waals surface area contributed by atoms with Crippen molar-refractivity contribution in [3.8, 4) is 0 Å². The zero-order valence-corrected chi connectivity index (χ0v) is 13.0. The van der Waals surface area contributed by atoms with Gasteiger partial charge in [0.05, 0.1) is 6.04 Å². The van der Waals surface area contributed by atoms with Crippen LogP contribution in [-0.4, -0.2) is 40.9 Å². The summed E-state index contributed by atoms with van der Waals surface area (Å²) in [7, 11) is 0. The molecule has 0 spiro atoms. The van der Waals surface area contributed by atoms with Gasteiger partial charge in [-0.3, -0.25) is 4.79 Å². The first kappa shape index (κ1) is 15.8. The molecule has 1 amide bonds. The number of amides is 1. The third-order valence-electron chi connectivity index (χ3n) is 3.52. The van der Waals surface area contributed by atoms with E-state index in [1.807, 2.05) is 16.7 Å². The predicted molar refractivity (Wildman–Crippen MR) is 79.7 cm³/mol. The SMILES string of the molecule is CC(C)CCC(N)C(=O)N1CCSC(C(C)C)C1. The van der Waals surface area contributed by atoms with Crippen LogP contribution >= 0.6 is 11.8 Å². The van der Waals surface area contributed by atoms with Crippen molar-refractivity contribution in [2.45, 2.75) is 51.8 Å². The Morgan fingerprint density at radius 3 is 2.56 bits per heavy atom. The molecule has 2 unspecified atom stereocenters. The van der Waals surface area contributed by atoms with Crippen LogP contribution < -0.4 is 5.73 Å². The molecule has 1 rings (SSSR count). The van der Waals surface area contributed by atoms with Crippen LogP contribution in [0.1, 0.15) is 40.5 Å². The lowest BCUT2D eigenvalue weighted by Crippen LogP contribution is -2.50. The molecule has 2 N–H and O–H groups in total. The minimum absolute atomic E-state index is 0.154. The van der Waals surface area contributed by atoms with Crippen molar-refractivity contribution in [1.29, 1.82) is 0 Å². The minimum atomic E-state index is -0.302. The molecule has 0 aromatic heterocycles. The number of nitrogens with two attached hydrogens (primary N) is 1. The molecule has 3 nitrogen and oxygen atoms in total. The Morgan fingerprint density at radius 1 is 1.33 bits per heavy atom.